The molecule has 1 aromatic carbocycles. The predicted octanol–water partition coefficient (Wildman–Crippen LogP) is 2.16. The zero-order chi connectivity index (χ0) is 17.5. The van der Waals surface area contributed by atoms with Gasteiger partial charge in [-0.15, -0.1) is 0 Å². The summed E-state index contributed by atoms with van der Waals surface area (Å²) in [5.74, 6) is 1.75. The molecule has 3 rings (SSSR count). The third kappa shape index (κ3) is 4.68. The zero-order valence-corrected chi connectivity index (χ0v) is 14.5. The molecule has 1 saturated heterocycles. The van der Waals surface area contributed by atoms with Gasteiger partial charge in [-0.2, -0.15) is 0 Å². The molecule has 0 aliphatic carbocycles. The first-order valence-corrected chi connectivity index (χ1v) is 8.62. The Hall–Kier alpha value is -2.63. The fourth-order valence-electron chi connectivity index (χ4n) is 2.99. The van der Waals surface area contributed by atoms with Gasteiger partial charge in [0.15, 0.2) is 5.96 Å². The Balaban J connectivity index is 1.47. The number of aliphatic imine (C=N–C) groups is 1. The smallest absolute Gasteiger partial charge is 0.193 e. The van der Waals surface area contributed by atoms with Crippen molar-refractivity contribution in [2.75, 3.05) is 44.7 Å². The molecule has 1 fully saturated rings. The molecular weight excluding hydrogens is 317 g/mol. The number of rotatable bonds is 4. The van der Waals surface area contributed by atoms with E-state index in [1.807, 2.05) is 43.6 Å². The first-order valence-electron chi connectivity index (χ1n) is 8.62. The maximum Gasteiger partial charge on any atom is 0.193 e. The molecule has 1 aromatic heterocycles. The van der Waals surface area contributed by atoms with Crippen molar-refractivity contribution in [2.45, 2.75) is 6.42 Å². The molecular formula is C19H24FN5. The fourth-order valence-corrected chi connectivity index (χ4v) is 2.99. The molecule has 0 saturated carbocycles. The van der Waals surface area contributed by atoms with Crippen molar-refractivity contribution < 1.29 is 4.39 Å². The number of hydrogen-bond donors (Lipinski definition) is 1. The average Bonchev–Trinajstić information content (AvgIpc) is 2.68. The summed E-state index contributed by atoms with van der Waals surface area (Å²) in [6.45, 7) is 4.45. The Labute approximate surface area is 148 Å². The van der Waals surface area contributed by atoms with Crippen LogP contribution in [0.15, 0.2) is 53.7 Å². The Bertz CT molecular complexity index is 679. The van der Waals surface area contributed by atoms with E-state index in [1.165, 1.54) is 12.1 Å². The molecule has 1 aliphatic rings. The number of benzene rings is 1. The summed E-state index contributed by atoms with van der Waals surface area (Å²) in [4.78, 5) is 13.4. The minimum Gasteiger partial charge on any atom is -0.356 e. The van der Waals surface area contributed by atoms with Gasteiger partial charge in [0, 0.05) is 46.0 Å². The standard InChI is InChI=1S/C19H24FN5/c1-21-19(23-11-9-16-5-7-17(20)8-6-16)25-14-12-24(13-15-25)18-4-2-3-10-22-18/h2-8,10H,9,11-15H2,1H3,(H,21,23). The molecule has 0 bridgehead atoms. The van der Waals surface area contributed by atoms with Crippen molar-refractivity contribution >= 4 is 11.8 Å². The van der Waals surface area contributed by atoms with Gasteiger partial charge in [0.25, 0.3) is 0 Å². The number of aromatic nitrogens is 1. The van der Waals surface area contributed by atoms with Crippen LogP contribution in [0, 0.1) is 5.82 Å². The first kappa shape index (κ1) is 17.2. The van der Waals surface area contributed by atoms with Crippen molar-refractivity contribution in [1.29, 1.82) is 0 Å². The lowest BCUT2D eigenvalue weighted by Crippen LogP contribution is -2.53. The lowest BCUT2D eigenvalue weighted by Gasteiger charge is -2.37. The highest BCUT2D eigenvalue weighted by atomic mass is 19.1. The minimum atomic E-state index is -0.196. The lowest BCUT2D eigenvalue weighted by atomic mass is 10.1. The molecule has 0 atom stereocenters. The molecule has 132 valence electrons. The van der Waals surface area contributed by atoms with E-state index in [9.17, 15) is 4.39 Å². The summed E-state index contributed by atoms with van der Waals surface area (Å²) in [6.07, 6.45) is 2.67. The summed E-state index contributed by atoms with van der Waals surface area (Å²) >= 11 is 0. The molecule has 2 heterocycles. The summed E-state index contributed by atoms with van der Waals surface area (Å²) in [7, 11) is 1.81. The van der Waals surface area contributed by atoms with E-state index in [-0.39, 0.29) is 5.82 Å². The first-order chi connectivity index (χ1) is 12.3. The third-order valence-electron chi connectivity index (χ3n) is 4.37. The second-order valence-electron chi connectivity index (χ2n) is 6.01. The van der Waals surface area contributed by atoms with Crippen molar-refractivity contribution in [3.63, 3.8) is 0 Å². The van der Waals surface area contributed by atoms with Crippen LogP contribution in [0.25, 0.3) is 0 Å². The van der Waals surface area contributed by atoms with Crippen molar-refractivity contribution in [3.8, 4) is 0 Å². The summed E-state index contributed by atoms with van der Waals surface area (Å²) in [6, 6.07) is 12.7. The van der Waals surface area contributed by atoms with Crippen molar-refractivity contribution in [2.24, 2.45) is 4.99 Å². The topological polar surface area (TPSA) is 43.8 Å². The van der Waals surface area contributed by atoms with E-state index >= 15 is 0 Å². The molecule has 6 heteroatoms. The normalized spacial score (nSPS) is 15.4. The molecule has 0 unspecified atom stereocenters. The van der Waals surface area contributed by atoms with Crippen molar-refractivity contribution in [3.05, 3.63) is 60.0 Å². The van der Waals surface area contributed by atoms with Crippen LogP contribution in [-0.4, -0.2) is 55.6 Å². The van der Waals surface area contributed by atoms with E-state index in [4.69, 9.17) is 0 Å². The van der Waals surface area contributed by atoms with Crippen LogP contribution in [-0.2, 0) is 6.42 Å². The van der Waals surface area contributed by atoms with E-state index in [0.717, 1.165) is 56.5 Å². The van der Waals surface area contributed by atoms with Gasteiger partial charge in [0.1, 0.15) is 11.6 Å². The van der Waals surface area contributed by atoms with Crippen LogP contribution in [0.5, 0.6) is 0 Å². The van der Waals surface area contributed by atoms with E-state index in [2.05, 4.69) is 25.1 Å². The maximum atomic E-state index is 12.9. The van der Waals surface area contributed by atoms with E-state index in [1.54, 1.807) is 0 Å². The molecule has 2 aromatic rings. The third-order valence-corrected chi connectivity index (χ3v) is 4.37. The van der Waals surface area contributed by atoms with Crippen LogP contribution in [0.2, 0.25) is 0 Å². The number of pyridine rings is 1. The number of anilines is 1. The number of halogens is 1. The molecule has 0 spiro atoms. The maximum absolute atomic E-state index is 12.9. The largest absolute Gasteiger partial charge is 0.356 e. The Morgan fingerprint density at radius 3 is 2.52 bits per heavy atom. The van der Waals surface area contributed by atoms with Gasteiger partial charge >= 0.3 is 0 Å². The average molecular weight is 341 g/mol. The number of nitrogens with one attached hydrogen (secondary N) is 1. The van der Waals surface area contributed by atoms with E-state index in [0.29, 0.717) is 0 Å². The SMILES string of the molecule is CN=C(NCCc1ccc(F)cc1)N1CCN(c2ccccn2)CC1. The van der Waals surface area contributed by atoms with Gasteiger partial charge in [-0.3, -0.25) is 4.99 Å². The Kier molecular flexibility index (Phi) is 5.82. The van der Waals surface area contributed by atoms with Crippen LogP contribution in [0.4, 0.5) is 10.2 Å². The van der Waals surface area contributed by atoms with Crippen LogP contribution in [0.1, 0.15) is 5.56 Å². The van der Waals surface area contributed by atoms with Gasteiger partial charge in [-0.1, -0.05) is 18.2 Å². The van der Waals surface area contributed by atoms with Gasteiger partial charge in [-0.05, 0) is 36.2 Å². The Morgan fingerprint density at radius 1 is 1.12 bits per heavy atom. The lowest BCUT2D eigenvalue weighted by molar-refractivity contribution is 0.372. The van der Waals surface area contributed by atoms with Gasteiger partial charge in [0.2, 0.25) is 0 Å². The van der Waals surface area contributed by atoms with Crippen molar-refractivity contribution in [1.82, 2.24) is 15.2 Å². The van der Waals surface area contributed by atoms with Gasteiger partial charge in [-0.25, -0.2) is 9.37 Å². The highest BCUT2D eigenvalue weighted by molar-refractivity contribution is 5.80. The molecule has 1 N–H and O–H groups in total. The van der Waals surface area contributed by atoms with Crippen LogP contribution in [0.3, 0.4) is 0 Å². The van der Waals surface area contributed by atoms with Gasteiger partial charge in [0.05, 0.1) is 0 Å². The highest BCUT2D eigenvalue weighted by Gasteiger charge is 2.20. The molecule has 25 heavy (non-hydrogen) atoms. The monoisotopic (exact) mass is 341 g/mol. The molecule has 5 nitrogen and oxygen atoms in total. The summed E-state index contributed by atoms with van der Waals surface area (Å²) in [5, 5.41) is 3.40. The van der Waals surface area contributed by atoms with Crippen LogP contribution >= 0.6 is 0 Å². The molecule has 0 radical (unpaired) electrons. The quantitative estimate of drug-likeness (QED) is 0.684. The predicted molar refractivity (Wildman–Crippen MR) is 99.5 cm³/mol. The molecule has 1 aliphatic heterocycles. The molecule has 0 amide bonds. The minimum absolute atomic E-state index is 0.196. The zero-order valence-electron chi connectivity index (χ0n) is 14.5. The number of hydrogen-bond acceptors (Lipinski definition) is 3. The van der Waals surface area contributed by atoms with Crippen LogP contribution < -0.4 is 10.2 Å². The van der Waals surface area contributed by atoms with E-state index < -0.39 is 0 Å². The Morgan fingerprint density at radius 2 is 1.88 bits per heavy atom. The summed E-state index contributed by atoms with van der Waals surface area (Å²) < 4.78 is 12.9. The van der Waals surface area contributed by atoms with Gasteiger partial charge < -0.3 is 15.1 Å². The fraction of sp³-hybridized carbons (Fsp3) is 0.368. The second kappa shape index (κ2) is 8.46. The number of piperazine rings is 1. The second-order valence-corrected chi connectivity index (χ2v) is 6.01. The number of guanidine groups is 1. The number of nitrogens with zero attached hydrogens (tertiary/aromatic N) is 4. The highest BCUT2D eigenvalue weighted by Crippen LogP contribution is 2.12. The summed E-state index contributed by atoms with van der Waals surface area (Å²) in [5.41, 5.74) is 1.12.